The number of halogens is 20. The van der Waals surface area contributed by atoms with Gasteiger partial charge in [-0.25, -0.2) is 0 Å². The highest BCUT2D eigenvalue weighted by atomic mass is 35.8. The zero-order valence-corrected chi connectivity index (χ0v) is 18.6. The molecule has 1 aromatic rings. The third-order valence-corrected chi connectivity index (χ3v) is 7.17. The molecule has 0 fully saturated rings. The van der Waals surface area contributed by atoms with E-state index in [0.29, 0.717) is 12.1 Å². The summed E-state index contributed by atoms with van der Waals surface area (Å²) in [6, 6.07) is -3.75. The van der Waals surface area contributed by atoms with Gasteiger partial charge in [-0.1, -0.05) is 24.3 Å². The average Bonchev–Trinajstić information content (AvgIpc) is 2.65. The molecule has 0 unspecified atom stereocenters. The molecule has 1 rings (SSSR count). The van der Waals surface area contributed by atoms with Crippen LogP contribution in [-0.2, 0) is 5.92 Å². The van der Waals surface area contributed by atoms with E-state index in [-0.39, 0.29) is 12.1 Å². The van der Waals surface area contributed by atoms with Crippen molar-refractivity contribution in [2.45, 2.75) is 47.6 Å². The molecule has 0 N–H and O–H groups in total. The van der Waals surface area contributed by atoms with E-state index in [4.69, 9.17) is 33.2 Å². The molecule has 0 bridgehead atoms. The molecule has 0 saturated carbocycles. The van der Waals surface area contributed by atoms with Crippen molar-refractivity contribution in [1.82, 2.24) is 0 Å². The van der Waals surface area contributed by atoms with Gasteiger partial charge in [-0.05, 0) is 5.19 Å². The maximum atomic E-state index is 14.4. The van der Waals surface area contributed by atoms with Gasteiger partial charge in [0.05, 0.1) is 0 Å². The van der Waals surface area contributed by atoms with Gasteiger partial charge in [0, 0.05) is 5.56 Å². The number of rotatable bonds is 8. The van der Waals surface area contributed by atoms with Gasteiger partial charge in [0.15, 0.2) is 0 Å². The van der Waals surface area contributed by atoms with Crippen LogP contribution in [0.25, 0.3) is 0 Å². The second-order valence-corrected chi connectivity index (χ2v) is 14.9. The van der Waals surface area contributed by atoms with Crippen LogP contribution in [0.15, 0.2) is 24.3 Å². The van der Waals surface area contributed by atoms with Crippen LogP contribution in [0.1, 0.15) is 5.56 Å². The van der Waals surface area contributed by atoms with Crippen molar-refractivity contribution in [2.75, 3.05) is 0 Å². The van der Waals surface area contributed by atoms with Gasteiger partial charge in [0.25, 0.3) is 0 Å². The summed E-state index contributed by atoms with van der Waals surface area (Å²) in [5.41, 5.74) is -2.50. The lowest BCUT2D eigenvalue weighted by molar-refractivity contribution is -0.462. The quantitative estimate of drug-likeness (QED) is 0.155. The lowest BCUT2D eigenvalue weighted by atomic mass is 9.87. The van der Waals surface area contributed by atoms with Crippen LogP contribution in [-0.4, -0.2) is 47.7 Å². The lowest BCUT2D eigenvalue weighted by Crippen LogP contribution is -2.74. The van der Waals surface area contributed by atoms with E-state index in [1.165, 1.54) is 0 Å². The molecule has 0 aliphatic heterocycles. The Labute approximate surface area is 197 Å². The molecular formula is C14H4Cl3F17Si. The molecule has 0 spiro atoms. The zero-order chi connectivity index (χ0) is 28.5. The van der Waals surface area contributed by atoms with E-state index in [1.54, 1.807) is 0 Å². The van der Waals surface area contributed by atoms with Crippen molar-refractivity contribution >= 4 is 44.4 Å². The molecule has 0 heterocycles. The highest BCUT2D eigenvalue weighted by Crippen LogP contribution is 2.65. The molecule has 35 heavy (non-hydrogen) atoms. The summed E-state index contributed by atoms with van der Waals surface area (Å²) in [4.78, 5) is 0. The van der Waals surface area contributed by atoms with Crippen molar-refractivity contribution in [3.8, 4) is 0 Å². The van der Waals surface area contributed by atoms with Gasteiger partial charge < -0.3 is 0 Å². The van der Waals surface area contributed by atoms with Crippen LogP contribution in [0.2, 0.25) is 0 Å². The number of benzene rings is 1. The minimum Gasteiger partial charge on any atom is -0.194 e. The summed E-state index contributed by atoms with van der Waals surface area (Å²) in [6.07, 6.45) is -7.81. The van der Waals surface area contributed by atoms with Crippen molar-refractivity contribution in [3.63, 3.8) is 0 Å². The Morgan fingerprint density at radius 3 is 1.11 bits per heavy atom. The number of hydrogen-bond acceptors (Lipinski definition) is 0. The van der Waals surface area contributed by atoms with Crippen molar-refractivity contribution in [2.24, 2.45) is 0 Å². The molecule has 0 aliphatic carbocycles. The fraction of sp³-hybridized carbons (Fsp3) is 0.571. The SMILES string of the molecule is FC(F)(F)C(F)(F)C(F)(F)C(F)(F)C(F)(F)C(F)(F)C(F)(F)C(F)(F)c1ccccc1[Si](Cl)(Cl)Cl. The third-order valence-electron chi connectivity index (χ3n) is 4.29. The normalized spacial score (nSPS) is 16.0. The highest BCUT2D eigenvalue weighted by Gasteiger charge is 2.95. The van der Waals surface area contributed by atoms with Gasteiger partial charge >= 0.3 is 53.6 Å². The Hall–Kier alpha value is -0.883. The summed E-state index contributed by atoms with van der Waals surface area (Å²) < 4.78 is 227. The van der Waals surface area contributed by atoms with Crippen molar-refractivity contribution in [1.29, 1.82) is 0 Å². The number of hydrogen-bond donors (Lipinski definition) is 0. The molecule has 204 valence electrons. The lowest BCUT2D eigenvalue weighted by Gasteiger charge is -2.43. The van der Waals surface area contributed by atoms with E-state index in [2.05, 4.69) is 0 Å². The summed E-state index contributed by atoms with van der Waals surface area (Å²) >= 11 is 15.9. The first-order chi connectivity index (χ1) is 15.0. The van der Waals surface area contributed by atoms with Gasteiger partial charge in [-0.2, -0.15) is 74.6 Å². The Morgan fingerprint density at radius 2 is 0.771 bits per heavy atom. The van der Waals surface area contributed by atoms with E-state index < -0.39 is 64.4 Å². The van der Waals surface area contributed by atoms with Crippen LogP contribution in [0.3, 0.4) is 0 Å². The molecule has 21 heteroatoms. The van der Waals surface area contributed by atoms with Crippen LogP contribution >= 0.6 is 33.2 Å². The molecule has 0 amide bonds. The Kier molecular flexibility index (Phi) is 7.88. The summed E-state index contributed by atoms with van der Waals surface area (Å²) in [7, 11) is 0. The molecule has 0 nitrogen and oxygen atoms in total. The van der Waals surface area contributed by atoms with Crippen LogP contribution in [0.5, 0.6) is 0 Å². The van der Waals surface area contributed by atoms with Crippen molar-refractivity contribution < 1.29 is 74.6 Å². The smallest absolute Gasteiger partial charge is 0.194 e. The van der Waals surface area contributed by atoms with E-state index >= 15 is 0 Å². The maximum Gasteiger partial charge on any atom is 0.460 e. The molecule has 0 atom stereocenters. The van der Waals surface area contributed by atoms with Crippen molar-refractivity contribution in [3.05, 3.63) is 29.8 Å². The second kappa shape index (κ2) is 8.57. The van der Waals surface area contributed by atoms with Crippen LogP contribution in [0, 0.1) is 0 Å². The van der Waals surface area contributed by atoms with Gasteiger partial charge in [-0.3, -0.25) is 0 Å². The molecule has 1 aromatic carbocycles. The van der Waals surface area contributed by atoms with Gasteiger partial charge in [0.2, 0.25) is 0 Å². The first-order valence-electron chi connectivity index (χ1n) is 7.86. The fourth-order valence-corrected chi connectivity index (χ4v) is 4.65. The average molecular weight is 630 g/mol. The second-order valence-electron chi connectivity index (χ2n) is 6.56. The molecule has 0 aromatic heterocycles. The third kappa shape index (κ3) is 4.43. The predicted octanol–water partition coefficient (Wildman–Crippen LogP) is 8.01. The van der Waals surface area contributed by atoms with Gasteiger partial charge in [0.1, 0.15) is 0 Å². The summed E-state index contributed by atoms with van der Waals surface area (Å²) in [5.74, 6) is -57.3. The Balaban J connectivity index is 3.84. The maximum absolute atomic E-state index is 14.4. The monoisotopic (exact) mass is 628 g/mol. The predicted molar refractivity (Wildman–Crippen MR) is 89.0 cm³/mol. The summed E-state index contributed by atoms with van der Waals surface area (Å²) in [6.45, 7) is 0. The van der Waals surface area contributed by atoms with E-state index in [0.717, 1.165) is 0 Å². The van der Waals surface area contributed by atoms with E-state index in [1.807, 2.05) is 0 Å². The largest absolute Gasteiger partial charge is 0.460 e. The Bertz CT molecular complexity index is 935. The summed E-state index contributed by atoms with van der Waals surface area (Å²) in [5, 5.41) is -1.51. The fourth-order valence-electron chi connectivity index (χ4n) is 2.34. The highest BCUT2D eigenvalue weighted by molar-refractivity contribution is 7.69. The Morgan fingerprint density at radius 1 is 0.457 bits per heavy atom. The van der Waals surface area contributed by atoms with Crippen LogP contribution in [0.4, 0.5) is 74.6 Å². The zero-order valence-electron chi connectivity index (χ0n) is 15.4. The topological polar surface area (TPSA) is 0 Å². The molecule has 0 saturated heterocycles. The molecular weight excluding hydrogens is 626 g/mol. The number of alkyl halides is 17. The minimum absolute atomic E-state index is 0.239. The van der Waals surface area contributed by atoms with Gasteiger partial charge in [-0.15, -0.1) is 33.2 Å². The van der Waals surface area contributed by atoms with Crippen LogP contribution < -0.4 is 5.19 Å². The first kappa shape index (κ1) is 32.1. The minimum atomic E-state index is -8.70. The molecule has 0 radical (unpaired) electrons. The van der Waals surface area contributed by atoms with E-state index in [9.17, 15) is 74.6 Å². The standard InChI is InChI=1S/C14H4Cl3F17Si/c15-35(16,17)6-4-2-1-3-5(6)7(18,19)8(20,21)9(22,23)10(24,25)11(26,27)12(28,29)13(30,31)14(32,33)34/h1-4H. The molecule has 0 aliphatic rings. The first-order valence-corrected chi connectivity index (χ1v) is 12.9.